The molecule has 220 valence electrons. The van der Waals surface area contributed by atoms with E-state index in [9.17, 15) is 40.8 Å². The second kappa shape index (κ2) is 10.8. The Morgan fingerprint density at radius 2 is 1.70 bits per heavy atom. The highest BCUT2D eigenvalue weighted by molar-refractivity contribution is 7.89. The van der Waals surface area contributed by atoms with Crippen molar-refractivity contribution in [1.82, 2.24) is 33.8 Å². The molecule has 19 nitrogen and oxygen atoms in total. The van der Waals surface area contributed by atoms with Gasteiger partial charge < -0.3 is 15.9 Å². The van der Waals surface area contributed by atoms with Gasteiger partial charge in [0.2, 0.25) is 10.0 Å². The average Bonchev–Trinajstić information content (AvgIpc) is 3.39. The number of carbonyl (C=O) groups excluding carboxylic acids is 5. The topological polar surface area (TPSA) is 260 Å². The number of nitrogens with one attached hydrogen (secondary N) is 3. The number of oxime groups is 1. The maximum Gasteiger partial charge on any atom is 0.341 e. The van der Waals surface area contributed by atoms with Gasteiger partial charge in [-0.15, -0.1) is 11.3 Å². The predicted octanol–water partition coefficient (Wildman–Crippen LogP) is -2.07. The monoisotopic (exact) mass is 623 g/mol. The molecule has 40 heavy (non-hydrogen) atoms. The molecule has 0 unspecified atom stereocenters. The number of nitrogen functional groups attached to an aromatic ring is 1. The molecule has 8 amide bonds. The number of sulfonamides is 1. The number of likely N-dealkylation sites (tertiary alicyclic amines) is 1. The summed E-state index contributed by atoms with van der Waals surface area (Å²) in [6.07, 6.45) is 0.727. The number of urea groups is 3. The van der Waals surface area contributed by atoms with E-state index in [1.165, 1.54) is 14.8 Å². The van der Waals surface area contributed by atoms with Crippen LogP contribution < -0.4 is 20.5 Å². The number of aromatic nitrogens is 1. The first-order chi connectivity index (χ1) is 18.3. The van der Waals surface area contributed by atoms with Crippen molar-refractivity contribution in [3.05, 3.63) is 11.1 Å². The van der Waals surface area contributed by atoms with Crippen molar-refractivity contribution in [2.75, 3.05) is 31.6 Å². The Morgan fingerprint density at radius 3 is 2.17 bits per heavy atom. The van der Waals surface area contributed by atoms with Crippen molar-refractivity contribution in [1.29, 1.82) is 0 Å². The number of amides is 8. The van der Waals surface area contributed by atoms with Gasteiger partial charge in [0.1, 0.15) is 17.3 Å². The lowest BCUT2D eigenvalue weighted by atomic mass is 10.1. The van der Waals surface area contributed by atoms with Crippen LogP contribution in [0, 0.1) is 0 Å². The highest BCUT2D eigenvalue weighted by atomic mass is 32.2. The fraction of sp³-hybridized carbons (Fsp3) is 0.500. The fourth-order valence-corrected chi connectivity index (χ4v) is 5.18. The summed E-state index contributed by atoms with van der Waals surface area (Å²) in [7, 11) is -8.94. The van der Waals surface area contributed by atoms with Crippen molar-refractivity contribution in [2.45, 2.75) is 32.4 Å². The first-order valence-corrected chi connectivity index (χ1v) is 15.3. The number of β-lactam (4-membered cyclic amide) rings is 1. The van der Waals surface area contributed by atoms with Crippen LogP contribution in [0.4, 0.5) is 19.5 Å². The van der Waals surface area contributed by atoms with E-state index in [2.05, 4.69) is 15.5 Å². The lowest BCUT2D eigenvalue weighted by Crippen LogP contribution is -2.68. The van der Waals surface area contributed by atoms with Gasteiger partial charge in [-0.25, -0.2) is 46.4 Å². The molecule has 0 aliphatic carbocycles. The lowest BCUT2D eigenvalue weighted by molar-refractivity contribution is -0.141. The number of rotatable bonds is 7. The van der Waals surface area contributed by atoms with Gasteiger partial charge in [0, 0.05) is 5.38 Å². The van der Waals surface area contributed by atoms with Crippen molar-refractivity contribution in [2.24, 2.45) is 5.16 Å². The molecule has 3 rings (SSSR count). The molecule has 1 aromatic heterocycles. The predicted molar refractivity (Wildman–Crippen MR) is 137 cm³/mol. The summed E-state index contributed by atoms with van der Waals surface area (Å²) >= 11 is 1.03. The second-order valence-electron chi connectivity index (χ2n) is 9.28. The number of anilines is 1. The third kappa shape index (κ3) is 7.12. The molecule has 0 aromatic carbocycles. The van der Waals surface area contributed by atoms with Crippen LogP contribution in [-0.4, -0.2) is 109 Å². The maximum atomic E-state index is 12.8. The Bertz CT molecular complexity index is 1500. The van der Waals surface area contributed by atoms with Crippen LogP contribution in [0.5, 0.6) is 0 Å². The third-order valence-electron chi connectivity index (χ3n) is 4.93. The molecule has 2 fully saturated rings. The fourth-order valence-electron chi connectivity index (χ4n) is 3.11. The largest absolute Gasteiger partial charge is 0.389 e. The van der Waals surface area contributed by atoms with Gasteiger partial charge in [-0.1, -0.05) is 5.16 Å². The van der Waals surface area contributed by atoms with E-state index in [1.807, 2.05) is 0 Å². The van der Waals surface area contributed by atoms with Crippen LogP contribution in [0.25, 0.3) is 0 Å². The van der Waals surface area contributed by atoms with E-state index in [4.69, 9.17) is 10.6 Å². The number of nitrogens with zero attached hydrogens (tertiary/aromatic N) is 5. The zero-order valence-corrected chi connectivity index (χ0v) is 23.8. The number of thiazole rings is 1. The first-order valence-electron chi connectivity index (χ1n) is 11.1. The zero-order valence-electron chi connectivity index (χ0n) is 21.4. The molecular formula is C18H25N9O10S3. The van der Waals surface area contributed by atoms with Crippen molar-refractivity contribution >= 4 is 72.3 Å². The summed E-state index contributed by atoms with van der Waals surface area (Å²) in [6, 6.07) is -5.51. The van der Waals surface area contributed by atoms with Gasteiger partial charge in [0.15, 0.2) is 10.8 Å². The summed E-state index contributed by atoms with van der Waals surface area (Å²) in [5.41, 5.74) is 4.61. The third-order valence-corrected chi connectivity index (χ3v) is 7.63. The summed E-state index contributed by atoms with van der Waals surface area (Å²) in [6.45, 7) is 3.76. The minimum Gasteiger partial charge on any atom is -0.389 e. The summed E-state index contributed by atoms with van der Waals surface area (Å²) in [5.74, 6) is -1.87. The Morgan fingerprint density at radius 1 is 1.10 bits per heavy atom. The molecule has 0 spiro atoms. The van der Waals surface area contributed by atoms with E-state index in [1.54, 1.807) is 20.8 Å². The summed E-state index contributed by atoms with van der Waals surface area (Å²) in [4.78, 5) is 71.8. The van der Waals surface area contributed by atoms with Crippen molar-refractivity contribution in [3.63, 3.8) is 0 Å². The van der Waals surface area contributed by atoms with Crippen molar-refractivity contribution < 1.29 is 45.6 Å². The van der Waals surface area contributed by atoms with Crippen molar-refractivity contribution in [3.8, 4) is 0 Å². The Hall–Kier alpha value is -4.05. The van der Waals surface area contributed by atoms with Crippen LogP contribution in [0.15, 0.2) is 10.5 Å². The minimum absolute atomic E-state index is 0.0728. The number of carbonyl (C=O) groups is 5. The molecule has 0 bridgehead atoms. The number of hydrogen-bond acceptors (Lipinski definition) is 14. The first kappa shape index (κ1) is 30.5. The molecule has 22 heteroatoms. The van der Waals surface area contributed by atoms with Gasteiger partial charge in [-0.05, 0) is 20.8 Å². The van der Waals surface area contributed by atoms with E-state index in [0.717, 1.165) is 17.6 Å². The lowest BCUT2D eigenvalue weighted by Gasteiger charge is -2.36. The van der Waals surface area contributed by atoms with Crippen LogP contribution in [0.3, 0.4) is 0 Å². The van der Waals surface area contributed by atoms with E-state index < -0.39 is 81.4 Å². The van der Waals surface area contributed by atoms with Crippen LogP contribution in [0.2, 0.25) is 0 Å². The second-order valence-corrected chi connectivity index (χ2v) is 13.5. The molecule has 2 aliphatic heterocycles. The Labute approximate surface area is 231 Å². The van der Waals surface area contributed by atoms with Crippen LogP contribution >= 0.6 is 11.3 Å². The number of imide groups is 2. The molecule has 3 heterocycles. The summed E-state index contributed by atoms with van der Waals surface area (Å²) < 4.78 is 50.7. The minimum atomic E-state index is -4.94. The van der Waals surface area contributed by atoms with E-state index in [0.29, 0.717) is 14.1 Å². The van der Waals surface area contributed by atoms with Crippen LogP contribution in [0.1, 0.15) is 26.5 Å². The highest BCUT2D eigenvalue weighted by Crippen LogP contribution is 2.17. The van der Waals surface area contributed by atoms with E-state index in [-0.39, 0.29) is 16.5 Å². The molecule has 2 aliphatic rings. The molecule has 0 radical (unpaired) electrons. The van der Waals surface area contributed by atoms with Gasteiger partial charge in [0.25, 0.3) is 11.8 Å². The van der Waals surface area contributed by atoms with Gasteiger partial charge in [-0.3, -0.25) is 14.5 Å². The van der Waals surface area contributed by atoms with Gasteiger partial charge in [-0.2, -0.15) is 8.42 Å². The molecule has 1 aromatic rings. The molecule has 1 atom stereocenters. The quantitative estimate of drug-likeness (QED) is 0.145. The molecular weight excluding hydrogens is 598 g/mol. The number of nitrogens with two attached hydrogens (primary N) is 1. The maximum absolute atomic E-state index is 12.8. The van der Waals surface area contributed by atoms with E-state index >= 15 is 0 Å². The number of hydrogen-bond donors (Lipinski definition) is 4. The Balaban J connectivity index is 1.58. The average molecular weight is 624 g/mol. The molecule has 0 saturated carbocycles. The standard InChI is InChI=1S/C18H25N9O10S3/c1-18(2,3)37-22-11(10-8-38-14(19)21-10)12(28)20-9-7-26(13(9)29)16(31)24-40(35,36)23-15(30)25-5-6-27(17(25)32)39(4,33)34/h8-9H,5-7H2,1-4H3,(H2,19,21)(H,20,28)(H,23,30)(H,24,31)/t9-/m0/s1. The molecule has 2 saturated heterocycles. The molecule has 5 N–H and O–H groups in total. The normalized spacial score (nSPS) is 18.4. The smallest absolute Gasteiger partial charge is 0.341 e. The Kier molecular flexibility index (Phi) is 8.27. The summed E-state index contributed by atoms with van der Waals surface area (Å²) in [5, 5.41) is 7.72. The van der Waals surface area contributed by atoms with Gasteiger partial charge >= 0.3 is 28.3 Å². The highest BCUT2D eigenvalue weighted by Gasteiger charge is 2.44. The van der Waals surface area contributed by atoms with Crippen LogP contribution in [-0.2, 0) is 34.7 Å². The van der Waals surface area contributed by atoms with Gasteiger partial charge in [0.05, 0.1) is 25.9 Å². The SMILES string of the molecule is CC(C)(C)ON=C(C(=O)N[C@H]1CN(C(=O)NS(=O)(=O)NC(=O)N2CCN(S(C)(=O)=O)C2=O)C1=O)c1csc(N)n1. The zero-order chi connectivity index (χ0) is 30.2.